The van der Waals surface area contributed by atoms with Crippen LogP contribution >= 0.6 is 12.4 Å². The second-order valence-corrected chi connectivity index (χ2v) is 10.8. The monoisotopic (exact) mass is 512 g/mol. The predicted molar refractivity (Wildman–Crippen MR) is 146 cm³/mol. The van der Waals surface area contributed by atoms with E-state index in [0.29, 0.717) is 37.5 Å². The van der Waals surface area contributed by atoms with Gasteiger partial charge < -0.3 is 20.9 Å². The standard InChI is InChI=1S/C28H48N2O4.ClH/c1-8-10-15-30-26(32)25(31)14-13-23(29)17-21(19(3)4)16-20-11-12-22(28(5,6)7)18-24(20)27(33)34-9-2;/h11-12,18-19,21,23,25,31H,8-10,13-17,29H2,1-7H3,(H,30,32);1H/t21-,23-,25-;/m0./s1. The highest BCUT2D eigenvalue weighted by Gasteiger charge is 2.24. The fourth-order valence-electron chi connectivity index (χ4n) is 4.01. The van der Waals surface area contributed by atoms with Gasteiger partial charge in [-0.15, -0.1) is 12.4 Å². The lowest BCUT2D eigenvalue weighted by Crippen LogP contribution is -2.36. The molecule has 1 rings (SSSR count). The van der Waals surface area contributed by atoms with Crippen LogP contribution in [-0.2, 0) is 21.4 Å². The summed E-state index contributed by atoms with van der Waals surface area (Å²) in [5.41, 5.74) is 9.07. The molecule has 35 heavy (non-hydrogen) atoms. The van der Waals surface area contributed by atoms with Gasteiger partial charge in [0.15, 0.2) is 0 Å². The Labute approximate surface area is 219 Å². The number of nitrogens with two attached hydrogens (primary N) is 1. The molecular formula is C28H49ClN2O4. The van der Waals surface area contributed by atoms with Crippen molar-refractivity contribution in [2.75, 3.05) is 13.2 Å². The van der Waals surface area contributed by atoms with E-state index >= 15 is 0 Å². The van der Waals surface area contributed by atoms with Crippen LogP contribution in [0.15, 0.2) is 18.2 Å². The van der Waals surface area contributed by atoms with Gasteiger partial charge in [-0.05, 0) is 73.5 Å². The molecule has 7 heteroatoms. The van der Waals surface area contributed by atoms with Crippen molar-refractivity contribution >= 4 is 24.3 Å². The Morgan fingerprint density at radius 3 is 2.34 bits per heavy atom. The molecule has 4 N–H and O–H groups in total. The topological polar surface area (TPSA) is 102 Å². The second kappa shape index (κ2) is 16.2. The molecule has 0 aliphatic rings. The highest BCUT2D eigenvalue weighted by atomic mass is 35.5. The lowest BCUT2D eigenvalue weighted by atomic mass is 9.80. The summed E-state index contributed by atoms with van der Waals surface area (Å²) in [7, 11) is 0. The molecule has 3 atom stereocenters. The lowest BCUT2D eigenvalue weighted by Gasteiger charge is -2.27. The maximum Gasteiger partial charge on any atom is 0.338 e. The lowest BCUT2D eigenvalue weighted by molar-refractivity contribution is -0.129. The Morgan fingerprint density at radius 2 is 1.80 bits per heavy atom. The largest absolute Gasteiger partial charge is 0.462 e. The normalized spacial score (nSPS) is 14.1. The third kappa shape index (κ3) is 11.8. The summed E-state index contributed by atoms with van der Waals surface area (Å²) >= 11 is 0. The highest BCUT2D eigenvalue weighted by molar-refractivity contribution is 5.91. The van der Waals surface area contributed by atoms with Crippen molar-refractivity contribution in [2.24, 2.45) is 17.6 Å². The summed E-state index contributed by atoms with van der Waals surface area (Å²) in [5, 5.41) is 12.9. The molecule has 0 spiro atoms. The second-order valence-electron chi connectivity index (χ2n) is 10.8. The Bertz CT molecular complexity index is 777. The van der Waals surface area contributed by atoms with Gasteiger partial charge in [0.2, 0.25) is 5.91 Å². The van der Waals surface area contributed by atoms with Crippen LogP contribution in [0.3, 0.4) is 0 Å². The zero-order chi connectivity index (χ0) is 25.9. The van der Waals surface area contributed by atoms with Gasteiger partial charge in [-0.25, -0.2) is 4.79 Å². The summed E-state index contributed by atoms with van der Waals surface area (Å²) in [6.45, 7) is 15.5. The molecule has 6 nitrogen and oxygen atoms in total. The van der Waals surface area contributed by atoms with Gasteiger partial charge in [-0.1, -0.05) is 60.1 Å². The number of ether oxygens (including phenoxy) is 1. The molecule has 1 amide bonds. The quantitative estimate of drug-likeness (QED) is 0.236. The molecule has 202 valence electrons. The first-order valence-corrected chi connectivity index (χ1v) is 12.9. The van der Waals surface area contributed by atoms with Crippen LogP contribution in [0.4, 0.5) is 0 Å². The molecule has 1 aromatic rings. The first kappa shape index (κ1) is 33.4. The Balaban J connectivity index is 0.0000116. The number of nitrogens with one attached hydrogen (secondary N) is 1. The first-order chi connectivity index (χ1) is 15.9. The molecule has 0 unspecified atom stereocenters. The van der Waals surface area contributed by atoms with Crippen LogP contribution in [0.2, 0.25) is 0 Å². The number of aliphatic hydroxyl groups is 1. The number of amides is 1. The van der Waals surface area contributed by atoms with Crippen molar-refractivity contribution < 1.29 is 19.4 Å². The van der Waals surface area contributed by atoms with Gasteiger partial charge in [0.25, 0.3) is 0 Å². The van der Waals surface area contributed by atoms with Crippen LogP contribution in [0.1, 0.15) is 102 Å². The highest BCUT2D eigenvalue weighted by Crippen LogP contribution is 2.29. The Morgan fingerprint density at radius 1 is 1.14 bits per heavy atom. The number of carbonyl (C=O) groups is 2. The molecule has 0 saturated heterocycles. The zero-order valence-corrected chi connectivity index (χ0v) is 23.7. The summed E-state index contributed by atoms with van der Waals surface area (Å²) in [4.78, 5) is 24.8. The predicted octanol–water partition coefficient (Wildman–Crippen LogP) is 5.17. The minimum atomic E-state index is -1.03. The van der Waals surface area contributed by atoms with Crippen LogP contribution in [0.25, 0.3) is 0 Å². The van der Waals surface area contributed by atoms with Crippen molar-refractivity contribution in [3.63, 3.8) is 0 Å². The van der Waals surface area contributed by atoms with E-state index in [0.717, 1.165) is 36.8 Å². The van der Waals surface area contributed by atoms with Gasteiger partial charge in [-0.2, -0.15) is 0 Å². The number of halogens is 1. The van der Waals surface area contributed by atoms with E-state index < -0.39 is 6.10 Å². The van der Waals surface area contributed by atoms with E-state index in [4.69, 9.17) is 10.5 Å². The van der Waals surface area contributed by atoms with Crippen molar-refractivity contribution in [1.82, 2.24) is 5.32 Å². The minimum Gasteiger partial charge on any atom is -0.462 e. The SMILES string of the molecule is CCCCNC(=O)[C@@H](O)CC[C@H](N)C[C@H](Cc1ccc(C(C)(C)C)cc1C(=O)OCC)C(C)C.Cl. The molecule has 0 bridgehead atoms. The number of esters is 1. The summed E-state index contributed by atoms with van der Waals surface area (Å²) in [6, 6.07) is 5.99. The van der Waals surface area contributed by atoms with Gasteiger partial charge in [0.05, 0.1) is 12.2 Å². The smallest absolute Gasteiger partial charge is 0.338 e. The number of rotatable bonds is 14. The maximum atomic E-state index is 12.7. The fourth-order valence-corrected chi connectivity index (χ4v) is 4.01. The number of benzene rings is 1. The van der Waals surface area contributed by atoms with Gasteiger partial charge >= 0.3 is 5.97 Å². The fraction of sp³-hybridized carbons (Fsp3) is 0.714. The third-order valence-electron chi connectivity index (χ3n) is 6.44. The van der Waals surface area contributed by atoms with Crippen molar-refractivity contribution in [3.8, 4) is 0 Å². The van der Waals surface area contributed by atoms with E-state index in [9.17, 15) is 14.7 Å². The number of unbranched alkanes of at least 4 members (excludes halogenated alkanes) is 1. The summed E-state index contributed by atoms with van der Waals surface area (Å²) < 4.78 is 5.35. The number of aliphatic hydroxyl groups excluding tert-OH is 1. The minimum absolute atomic E-state index is 0. The number of carbonyl (C=O) groups excluding carboxylic acids is 2. The molecule has 0 radical (unpaired) electrons. The molecule has 0 heterocycles. The Hall–Kier alpha value is -1.63. The van der Waals surface area contributed by atoms with E-state index in [1.807, 2.05) is 13.0 Å². The van der Waals surface area contributed by atoms with E-state index in [2.05, 4.69) is 59.0 Å². The zero-order valence-electron chi connectivity index (χ0n) is 22.9. The number of hydrogen-bond acceptors (Lipinski definition) is 5. The van der Waals surface area contributed by atoms with Crippen molar-refractivity contribution in [1.29, 1.82) is 0 Å². The summed E-state index contributed by atoms with van der Waals surface area (Å²) in [6.07, 6.45) is 3.26. The number of hydrogen-bond donors (Lipinski definition) is 3. The Kier molecular flexibility index (Phi) is 15.4. The molecule has 0 aromatic heterocycles. The first-order valence-electron chi connectivity index (χ1n) is 12.9. The average molecular weight is 513 g/mol. The van der Waals surface area contributed by atoms with E-state index in [-0.39, 0.29) is 41.7 Å². The van der Waals surface area contributed by atoms with Gasteiger partial charge in [0, 0.05) is 12.6 Å². The van der Waals surface area contributed by atoms with Crippen LogP contribution in [0, 0.1) is 11.8 Å². The van der Waals surface area contributed by atoms with Crippen LogP contribution in [-0.4, -0.2) is 42.3 Å². The van der Waals surface area contributed by atoms with Crippen LogP contribution in [0.5, 0.6) is 0 Å². The molecule has 0 fully saturated rings. The third-order valence-corrected chi connectivity index (χ3v) is 6.44. The molecule has 0 saturated carbocycles. The van der Waals surface area contributed by atoms with Gasteiger partial charge in [-0.3, -0.25) is 4.79 Å². The van der Waals surface area contributed by atoms with Crippen LogP contribution < -0.4 is 11.1 Å². The van der Waals surface area contributed by atoms with E-state index in [1.165, 1.54) is 0 Å². The van der Waals surface area contributed by atoms with Crippen molar-refractivity contribution in [2.45, 2.75) is 105 Å². The molecule has 0 aliphatic carbocycles. The maximum absolute atomic E-state index is 12.7. The molecule has 1 aromatic carbocycles. The van der Waals surface area contributed by atoms with Crippen molar-refractivity contribution in [3.05, 3.63) is 34.9 Å². The van der Waals surface area contributed by atoms with Gasteiger partial charge in [0.1, 0.15) is 6.10 Å². The van der Waals surface area contributed by atoms with E-state index in [1.54, 1.807) is 0 Å². The molecule has 0 aliphatic heterocycles. The summed E-state index contributed by atoms with van der Waals surface area (Å²) in [5.74, 6) is 0.0246. The molecular weight excluding hydrogens is 464 g/mol. The average Bonchev–Trinajstić information content (AvgIpc) is 2.76.